The maximum Gasteiger partial charge on any atom is 0.246 e. The zero-order valence-corrected chi connectivity index (χ0v) is 20.7. The average molecular weight is 518 g/mol. The summed E-state index contributed by atoms with van der Waals surface area (Å²) in [7, 11) is 0. The van der Waals surface area contributed by atoms with Gasteiger partial charge < -0.3 is 14.8 Å². The number of benzene rings is 2. The molecule has 0 unspecified atom stereocenters. The summed E-state index contributed by atoms with van der Waals surface area (Å²) in [6.45, 7) is 0.783. The molecule has 2 aliphatic heterocycles. The van der Waals surface area contributed by atoms with E-state index in [4.69, 9.17) is 0 Å². The van der Waals surface area contributed by atoms with E-state index in [-0.39, 0.29) is 24.4 Å². The minimum atomic E-state index is -0.475. The van der Waals surface area contributed by atoms with Crippen LogP contribution in [-0.2, 0) is 16.0 Å². The van der Waals surface area contributed by atoms with Gasteiger partial charge in [-0.15, -0.1) is 0 Å². The Morgan fingerprint density at radius 2 is 1.94 bits per heavy atom. The lowest BCUT2D eigenvalue weighted by atomic mass is 9.86. The van der Waals surface area contributed by atoms with Crippen molar-refractivity contribution in [1.29, 1.82) is 0 Å². The molecule has 1 saturated heterocycles. The van der Waals surface area contributed by atoms with Crippen LogP contribution in [0.5, 0.6) is 0 Å². The quantitative estimate of drug-likeness (QED) is 0.464. The second-order valence-electron chi connectivity index (χ2n) is 9.66. The van der Waals surface area contributed by atoms with E-state index in [0.29, 0.717) is 13.0 Å². The molecular weight excluding hydrogens is 490 g/mol. The zero-order chi connectivity index (χ0) is 23.2. The molecule has 1 fully saturated rings. The molecule has 3 aromatic rings. The third-order valence-corrected chi connectivity index (χ3v) is 8.09. The normalized spacial score (nSPS) is 22.6. The number of halogens is 1. The van der Waals surface area contributed by atoms with Gasteiger partial charge in [0.25, 0.3) is 0 Å². The molecule has 0 saturated carbocycles. The van der Waals surface area contributed by atoms with E-state index in [2.05, 4.69) is 45.2 Å². The summed E-state index contributed by atoms with van der Waals surface area (Å²) in [4.78, 5) is 34.6. The van der Waals surface area contributed by atoms with E-state index < -0.39 is 6.04 Å². The van der Waals surface area contributed by atoms with Crippen LogP contribution < -0.4 is 0 Å². The predicted molar refractivity (Wildman–Crippen MR) is 136 cm³/mol. The highest BCUT2D eigenvalue weighted by Gasteiger charge is 2.48. The van der Waals surface area contributed by atoms with Crippen molar-refractivity contribution in [3.8, 4) is 0 Å². The van der Waals surface area contributed by atoms with Crippen molar-refractivity contribution in [3.63, 3.8) is 0 Å². The van der Waals surface area contributed by atoms with Gasteiger partial charge in [-0.1, -0.05) is 57.9 Å². The number of rotatable bonds is 4. The number of hydrogen-bond donors (Lipinski definition) is 1. The van der Waals surface area contributed by atoms with Crippen LogP contribution in [0.3, 0.4) is 0 Å². The Hall–Kier alpha value is -2.86. The number of carbonyl (C=O) groups is 2. The summed E-state index contributed by atoms with van der Waals surface area (Å²) >= 11 is 3.59. The molecule has 2 aromatic carbocycles. The number of fused-ring (bicyclic) bond motifs is 4. The standard InChI is InChI=1S/C28H28BrN3O2/c29-20-10-6-9-19(15-20)27-26-22(21-11-4-5-12-23(21)30-26)16-24-28(34)31(17-25(33)32(24)27)14-13-18-7-2-1-3-8-18/h4-7,9-12,15,24,27,30H,1-3,8,13-14,16-17H2/t24-,27-/m0/s1. The number of amides is 2. The summed E-state index contributed by atoms with van der Waals surface area (Å²) in [5.74, 6) is 0.100. The molecule has 2 atom stereocenters. The second-order valence-corrected chi connectivity index (χ2v) is 10.6. The second kappa shape index (κ2) is 8.73. The van der Waals surface area contributed by atoms with Gasteiger partial charge in [-0.3, -0.25) is 9.59 Å². The number of nitrogens with zero attached hydrogens (tertiary/aromatic N) is 2. The third kappa shape index (κ3) is 3.68. The number of aromatic amines is 1. The van der Waals surface area contributed by atoms with E-state index in [9.17, 15) is 9.59 Å². The Morgan fingerprint density at radius 1 is 1.06 bits per heavy atom. The Labute approximate surface area is 207 Å². The predicted octanol–water partition coefficient (Wildman–Crippen LogP) is 5.51. The molecular formula is C28H28BrN3O2. The number of allylic oxidation sites excluding steroid dienone is 1. The first-order valence-electron chi connectivity index (χ1n) is 12.2. The molecule has 0 bridgehead atoms. The molecule has 5 nitrogen and oxygen atoms in total. The van der Waals surface area contributed by atoms with Gasteiger partial charge in [-0.25, -0.2) is 0 Å². The van der Waals surface area contributed by atoms with Crippen molar-refractivity contribution in [3.05, 3.63) is 81.5 Å². The van der Waals surface area contributed by atoms with Crippen molar-refractivity contribution in [2.75, 3.05) is 13.1 Å². The molecule has 0 radical (unpaired) electrons. The maximum absolute atomic E-state index is 13.8. The number of hydrogen-bond acceptors (Lipinski definition) is 2. The van der Waals surface area contributed by atoms with Crippen LogP contribution >= 0.6 is 15.9 Å². The van der Waals surface area contributed by atoms with Crippen molar-refractivity contribution in [1.82, 2.24) is 14.8 Å². The first-order valence-corrected chi connectivity index (χ1v) is 13.0. The Kier molecular flexibility index (Phi) is 5.56. The van der Waals surface area contributed by atoms with Crippen LogP contribution in [0.15, 0.2) is 64.7 Å². The van der Waals surface area contributed by atoms with E-state index in [1.54, 1.807) is 4.90 Å². The fourth-order valence-corrected chi connectivity index (χ4v) is 6.36. The summed E-state index contributed by atoms with van der Waals surface area (Å²) in [5.41, 5.74) is 5.67. The third-order valence-electron chi connectivity index (χ3n) is 7.59. The van der Waals surface area contributed by atoms with Gasteiger partial charge in [0.05, 0.1) is 12.6 Å². The molecule has 1 N–H and O–H groups in total. The number of carbonyl (C=O) groups excluding carboxylic acids is 2. The van der Waals surface area contributed by atoms with Gasteiger partial charge in [0.15, 0.2) is 0 Å². The van der Waals surface area contributed by atoms with E-state index in [1.165, 1.54) is 18.4 Å². The van der Waals surface area contributed by atoms with E-state index in [0.717, 1.165) is 51.5 Å². The van der Waals surface area contributed by atoms with Crippen LogP contribution in [0.25, 0.3) is 10.9 Å². The van der Waals surface area contributed by atoms with Crippen molar-refractivity contribution >= 4 is 38.6 Å². The number of aromatic nitrogens is 1. The molecule has 1 aliphatic carbocycles. The highest BCUT2D eigenvalue weighted by molar-refractivity contribution is 9.10. The fourth-order valence-electron chi connectivity index (χ4n) is 5.95. The van der Waals surface area contributed by atoms with Crippen LogP contribution in [0.4, 0.5) is 0 Å². The van der Waals surface area contributed by atoms with Crippen LogP contribution in [-0.4, -0.2) is 45.7 Å². The minimum absolute atomic E-state index is 0.0245. The van der Waals surface area contributed by atoms with Crippen LogP contribution in [0.1, 0.15) is 55.0 Å². The van der Waals surface area contributed by atoms with Crippen molar-refractivity contribution < 1.29 is 9.59 Å². The molecule has 0 spiro atoms. The molecule has 6 heteroatoms. The number of para-hydroxylation sites is 1. The molecule has 2 amide bonds. The smallest absolute Gasteiger partial charge is 0.246 e. The van der Waals surface area contributed by atoms with Gasteiger partial charge >= 0.3 is 0 Å². The van der Waals surface area contributed by atoms with Gasteiger partial charge in [-0.05, 0) is 61.4 Å². The van der Waals surface area contributed by atoms with Gasteiger partial charge in [0, 0.05) is 34.0 Å². The Morgan fingerprint density at radius 3 is 2.76 bits per heavy atom. The average Bonchev–Trinajstić information content (AvgIpc) is 3.23. The zero-order valence-electron chi connectivity index (χ0n) is 19.1. The first-order chi connectivity index (χ1) is 16.6. The Bertz CT molecular complexity index is 1310. The summed E-state index contributed by atoms with van der Waals surface area (Å²) in [6.07, 6.45) is 8.49. The summed E-state index contributed by atoms with van der Waals surface area (Å²) < 4.78 is 0.961. The highest BCUT2D eigenvalue weighted by Crippen LogP contribution is 2.43. The summed E-state index contributed by atoms with van der Waals surface area (Å²) in [6, 6.07) is 15.5. The van der Waals surface area contributed by atoms with Gasteiger partial charge in [0.1, 0.15) is 6.04 Å². The maximum atomic E-state index is 13.8. The lowest BCUT2D eigenvalue weighted by molar-refractivity contribution is -0.158. The van der Waals surface area contributed by atoms with Crippen LogP contribution in [0, 0.1) is 0 Å². The summed E-state index contributed by atoms with van der Waals surface area (Å²) in [5, 5.41) is 1.14. The molecule has 3 aliphatic rings. The lowest BCUT2D eigenvalue weighted by Gasteiger charge is -2.47. The molecule has 3 heterocycles. The number of H-pyrrole nitrogens is 1. The fraction of sp³-hybridized carbons (Fsp3) is 0.357. The SMILES string of the molecule is O=C1[C@@H]2Cc3c([nH]c4ccccc34)[C@H](c3cccc(Br)c3)N2C(=O)CN1CCC1=CCCCC1. The Balaban J connectivity index is 1.39. The molecule has 34 heavy (non-hydrogen) atoms. The van der Waals surface area contributed by atoms with E-state index >= 15 is 0 Å². The van der Waals surface area contributed by atoms with Crippen molar-refractivity contribution in [2.45, 2.75) is 50.6 Å². The van der Waals surface area contributed by atoms with Gasteiger partial charge in [0.2, 0.25) is 11.8 Å². The topological polar surface area (TPSA) is 56.4 Å². The molecule has 1 aromatic heterocycles. The van der Waals surface area contributed by atoms with Crippen molar-refractivity contribution in [2.24, 2.45) is 0 Å². The monoisotopic (exact) mass is 517 g/mol. The highest BCUT2D eigenvalue weighted by atomic mass is 79.9. The van der Waals surface area contributed by atoms with Gasteiger partial charge in [-0.2, -0.15) is 0 Å². The minimum Gasteiger partial charge on any atom is -0.356 e. The lowest BCUT2D eigenvalue weighted by Crippen LogP contribution is -2.63. The van der Waals surface area contributed by atoms with E-state index in [1.807, 2.05) is 35.2 Å². The largest absolute Gasteiger partial charge is 0.356 e. The number of nitrogens with one attached hydrogen (secondary N) is 1. The molecule has 174 valence electrons. The number of piperazine rings is 1. The van der Waals surface area contributed by atoms with Crippen LogP contribution in [0.2, 0.25) is 0 Å². The first kappa shape index (κ1) is 21.7. The molecule has 6 rings (SSSR count).